The van der Waals surface area contributed by atoms with Gasteiger partial charge in [0.25, 0.3) is 0 Å². The molecule has 1 saturated carbocycles. The van der Waals surface area contributed by atoms with Crippen LogP contribution in [0.15, 0.2) is 30.5 Å². The Morgan fingerprint density at radius 3 is 2.84 bits per heavy atom. The van der Waals surface area contributed by atoms with Crippen LogP contribution in [0, 0.1) is 5.92 Å². The van der Waals surface area contributed by atoms with Crippen molar-refractivity contribution in [2.45, 2.75) is 31.4 Å². The van der Waals surface area contributed by atoms with Crippen molar-refractivity contribution in [2.24, 2.45) is 5.92 Å². The number of likely N-dealkylation sites (tertiary alicyclic amines) is 1. The van der Waals surface area contributed by atoms with Crippen LogP contribution in [0.5, 0.6) is 0 Å². The molecule has 2 atom stereocenters. The average Bonchev–Trinajstić information content (AvgIpc) is 3.23. The van der Waals surface area contributed by atoms with Gasteiger partial charge in [-0.25, -0.2) is 4.98 Å². The molecule has 5 nitrogen and oxygen atoms in total. The number of rotatable bonds is 5. The number of anilines is 1. The minimum Gasteiger partial charge on any atom is -0.392 e. The molecular weight excluding hydrogens is 358 g/mol. The van der Waals surface area contributed by atoms with E-state index < -0.39 is 0 Å². The topological polar surface area (TPSA) is 65.5 Å². The summed E-state index contributed by atoms with van der Waals surface area (Å²) in [7, 11) is 0. The second-order valence-electron chi connectivity index (χ2n) is 6.69. The van der Waals surface area contributed by atoms with Crippen molar-refractivity contribution in [1.82, 2.24) is 9.88 Å². The zero-order valence-electron chi connectivity index (χ0n) is 13.7. The number of nitrogens with one attached hydrogen (secondary N) is 1. The maximum absolute atomic E-state index is 12.0. The third-order valence-corrected chi connectivity index (χ3v) is 6.04. The molecule has 4 rings (SSSR count). The number of hydrogen-bond donors (Lipinski definition) is 2. The van der Waals surface area contributed by atoms with Gasteiger partial charge in [0.05, 0.1) is 12.1 Å². The molecule has 1 saturated heterocycles. The van der Waals surface area contributed by atoms with Crippen LogP contribution >= 0.6 is 22.9 Å². The number of benzene rings is 1. The van der Waals surface area contributed by atoms with Crippen LogP contribution in [-0.2, 0) is 4.79 Å². The Morgan fingerprint density at radius 2 is 2.16 bits per heavy atom. The Hall–Kier alpha value is -1.47. The van der Waals surface area contributed by atoms with Crippen LogP contribution in [0.2, 0.25) is 5.02 Å². The fourth-order valence-electron chi connectivity index (χ4n) is 3.25. The molecule has 0 radical (unpaired) electrons. The minimum atomic E-state index is -0.313. The Morgan fingerprint density at radius 1 is 1.36 bits per heavy atom. The van der Waals surface area contributed by atoms with Crippen LogP contribution in [0.4, 0.5) is 5.13 Å². The van der Waals surface area contributed by atoms with Crippen LogP contribution in [0.25, 0.3) is 0 Å². The van der Waals surface area contributed by atoms with Gasteiger partial charge in [-0.1, -0.05) is 41.1 Å². The Bertz CT molecular complexity index is 777. The Labute approximate surface area is 155 Å². The molecule has 7 heteroatoms. The first-order chi connectivity index (χ1) is 12.1. The highest BCUT2D eigenvalue weighted by atomic mass is 35.5. The molecule has 132 valence electrons. The van der Waals surface area contributed by atoms with Gasteiger partial charge in [-0.3, -0.25) is 9.69 Å². The van der Waals surface area contributed by atoms with E-state index in [-0.39, 0.29) is 24.0 Å². The lowest BCUT2D eigenvalue weighted by molar-refractivity contribution is -0.117. The fourth-order valence-corrected chi connectivity index (χ4v) is 4.47. The van der Waals surface area contributed by atoms with Gasteiger partial charge in [0.15, 0.2) is 5.13 Å². The number of thiazole rings is 1. The van der Waals surface area contributed by atoms with Crippen molar-refractivity contribution in [1.29, 1.82) is 0 Å². The molecule has 1 aliphatic carbocycles. The van der Waals surface area contributed by atoms with Crippen molar-refractivity contribution < 1.29 is 9.90 Å². The second-order valence-corrected chi connectivity index (χ2v) is 8.16. The predicted octanol–water partition coefficient (Wildman–Crippen LogP) is 3.30. The van der Waals surface area contributed by atoms with E-state index in [4.69, 9.17) is 11.6 Å². The van der Waals surface area contributed by atoms with E-state index in [1.54, 1.807) is 0 Å². The van der Waals surface area contributed by atoms with Gasteiger partial charge in [-0.2, -0.15) is 0 Å². The number of aliphatic hydroxyl groups is 1. The number of carbonyl (C=O) groups excluding carboxylic acids is 1. The van der Waals surface area contributed by atoms with E-state index in [0.717, 1.165) is 36.2 Å². The fraction of sp³-hybridized carbons (Fsp3) is 0.444. The normalized spacial score (nSPS) is 22.1. The molecule has 0 bridgehead atoms. The first kappa shape index (κ1) is 17.0. The molecule has 2 aliphatic rings. The summed E-state index contributed by atoms with van der Waals surface area (Å²) in [6, 6.07) is 7.72. The molecule has 1 aliphatic heterocycles. The first-order valence-corrected chi connectivity index (χ1v) is 9.74. The molecule has 0 spiro atoms. The molecule has 2 heterocycles. The maximum atomic E-state index is 12.0. The zero-order chi connectivity index (χ0) is 17.4. The molecule has 1 amide bonds. The van der Waals surface area contributed by atoms with Crippen molar-refractivity contribution in [3.05, 3.63) is 45.9 Å². The summed E-state index contributed by atoms with van der Waals surface area (Å²) in [5.74, 6) is 0.215. The zero-order valence-corrected chi connectivity index (χ0v) is 15.3. The number of nitrogens with zero attached hydrogens (tertiary/aromatic N) is 2. The van der Waals surface area contributed by atoms with Crippen LogP contribution in [0.1, 0.15) is 35.7 Å². The number of halogens is 1. The summed E-state index contributed by atoms with van der Waals surface area (Å²) in [5.41, 5.74) is 1.00. The number of carbonyl (C=O) groups is 1. The molecule has 2 fully saturated rings. The van der Waals surface area contributed by atoms with Gasteiger partial charge < -0.3 is 10.4 Å². The van der Waals surface area contributed by atoms with Crippen LogP contribution in [0.3, 0.4) is 0 Å². The third kappa shape index (κ3) is 3.72. The van der Waals surface area contributed by atoms with Gasteiger partial charge in [0.2, 0.25) is 5.91 Å². The van der Waals surface area contributed by atoms with E-state index in [1.807, 2.05) is 30.5 Å². The van der Waals surface area contributed by atoms with E-state index in [1.165, 1.54) is 11.3 Å². The molecular formula is C18H20ClN3O2S. The average molecular weight is 378 g/mol. The summed E-state index contributed by atoms with van der Waals surface area (Å²) in [5, 5.41) is 14.2. The second kappa shape index (κ2) is 7.03. The summed E-state index contributed by atoms with van der Waals surface area (Å²) < 4.78 is 0. The highest BCUT2D eigenvalue weighted by Crippen LogP contribution is 2.39. The smallest absolute Gasteiger partial charge is 0.229 e. The highest BCUT2D eigenvalue weighted by Gasteiger charge is 2.33. The van der Waals surface area contributed by atoms with Gasteiger partial charge in [-0.15, -0.1) is 0 Å². The third-order valence-electron chi connectivity index (χ3n) is 4.73. The van der Waals surface area contributed by atoms with Crippen molar-refractivity contribution >= 4 is 34.0 Å². The highest BCUT2D eigenvalue weighted by molar-refractivity contribution is 7.15. The van der Waals surface area contributed by atoms with E-state index in [9.17, 15) is 9.90 Å². The van der Waals surface area contributed by atoms with E-state index >= 15 is 0 Å². The maximum Gasteiger partial charge on any atom is 0.229 e. The monoisotopic (exact) mass is 377 g/mol. The summed E-state index contributed by atoms with van der Waals surface area (Å²) in [6.45, 7) is 1.41. The lowest BCUT2D eigenvalue weighted by atomic mass is 10.0. The Kier molecular flexibility index (Phi) is 4.78. The molecule has 25 heavy (non-hydrogen) atoms. The number of aliphatic hydroxyl groups excluding tert-OH is 1. The van der Waals surface area contributed by atoms with E-state index in [2.05, 4.69) is 15.2 Å². The van der Waals surface area contributed by atoms with Crippen molar-refractivity contribution in [3.63, 3.8) is 0 Å². The van der Waals surface area contributed by atoms with Crippen molar-refractivity contribution in [3.8, 4) is 0 Å². The molecule has 1 aromatic carbocycles. The van der Waals surface area contributed by atoms with E-state index in [0.29, 0.717) is 16.7 Å². The van der Waals surface area contributed by atoms with Crippen LogP contribution in [-0.4, -0.2) is 40.1 Å². The van der Waals surface area contributed by atoms with Crippen molar-refractivity contribution in [2.75, 3.05) is 18.4 Å². The quantitative estimate of drug-likeness (QED) is 0.839. The summed E-state index contributed by atoms with van der Waals surface area (Å²) >= 11 is 7.93. The van der Waals surface area contributed by atoms with Gasteiger partial charge in [0.1, 0.15) is 0 Å². The molecule has 2 aromatic rings. The number of hydrogen-bond acceptors (Lipinski definition) is 5. The number of amides is 1. The number of aromatic nitrogens is 1. The molecule has 2 N–H and O–H groups in total. The standard InChI is InChI=1S/C18H20ClN3O2S/c19-14-4-2-1-3-13(14)16(22-8-7-12(23)10-22)15-9-20-18(25-15)21-17(24)11-5-6-11/h1-4,9,11-12,16,23H,5-8,10H2,(H,20,21,24)/t12-,16?/m1/s1. The Balaban J connectivity index is 1.62. The molecule has 1 aromatic heterocycles. The number of β-amino-alcohol motifs (C(OH)–C–C–N with tert-alkyl or cyclic N) is 1. The van der Waals surface area contributed by atoms with Crippen LogP contribution < -0.4 is 5.32 Å². The predicted molar refractivity (Wildman–Crippen MR) is 99.0 cm³/mol. The van der Waals surface area contributed by atoms with Gasteiger partial charge in [0, 0.05) is 35.1 Å². The summed E-state index contributed by atoms with van der Waals surface area (Å²) in [4.78, 5) is 19.6. The lowest BCUT2D eigenvalue weighted by Crippen LogP contribution is -2.28. The van der Waals surface area contributed by atoms with Gasteiger partial charge in [-0.05, 0) is 30.9 Å². The SMILES string of the molecule is O=C(Nc1ncc(C(c2ccccc2Cl)N2CC[C@@H](O)C2)s1)C1CC1. The summed E-state index contributed by atoms with van der Waals surface area (Å²) in [6.07, 6.45) is 4.19. The first-order valence-electron chi connectivity index (χ1n) is 8.55. The van der Waals surface area contributed by atoms with Gasteiger partial charge >= 0.3 is 0 Å². The minimum absolute atomic E-state index is 0.0603. The largest absolute Gasteiger partial charge is 0.392 e. The molecule has 1 unspecified atom stereocenters. The lowest BCUT2D eigenvalue weighted by Gasteiger charge is -2.27.